The molecule has 3 N–H and O–H groups in total. The average molecular weight is 996 g/mol. The lowest BCUT2D eigenvalue weighted by molar-refractivity contribution is -0.144. The quantitative estimate of drug-likeness (QED) is 0.0835. The van der Waals surface area contributed by atoms with Crippen LogP contribution in [0, 0.1) is 12.3 Å². The number of aryl methyl sites for hydroxylation is 1. The molecule has 6 heterocycles. The van der Waals surface area contributed by atoms with Crippen LogP contribution in [0.25, 0.3) is 31.2 Å². The van der Waals surface area contributed by atoms with E-state index in [0.29, 0.717) is 39.5 Å². The Balaban J connectivity index is 0.698. The van der Waals surface area contributed by atoms with Crippen LogP contribution in [-0.4, -0.2) is 157 Å². The predicted octanol–water partition coefficient (Wildman–Crippen LogP) is 5.46. The summed E-state index contributed by atoms with van der Waals surface area (Å²) in [7, 11) is 0. The number of aliphatic hydroxyl groups excluding tert-OH is 1. The summed E-state index contributed by atoms with van der Waals surface area (Å²) in [6.07, 6.45) is 3.53. The zero-order valence-corrected chi connectivity index (χ0v) is 42.4. The summed E-state index contributed by atoms with van der Waals surface area (Å²) in [6, 6.07) is 15.9. The summed E-state index contributed by atoms with van der Waals surface area (Å²) < 4.78 is 18.0. The van der Waals surface area contributed by atoms with Crippen molar-refractivity contribution in [3.63, 3.8) is 0 Å². The zero-order chi connectivity index (χ0) is 49.4. The van der Waals surface area contributed by atoms with Gasteiger partial charge in [0.15, 0.2) is 0 Å². The SMILES string of the molecule is Cc1ncsc1-c1ccc([C@H](C)NC(=O)[C@@H]2C[C@@H](O)CN2C(=O)[C@@H](NC(=O)COCCOCCOCCN2CCN(c3ccc4nc(-c5ccc(N6CCCC6)nc5)sc4c3)C(=O)C2)C(C)(C)C)cc1. The van der Waals surface area contributed by atoms with E-state index in [9.17, 15) is 24.3 Å². The van der Waals surface area contributed by atoms with Gasteiger partial charge in [0.05, 0.1) is 78.0 Å². The van der Waals surface area contributed by atoms with E-state index in [-0.39, 0.29) is 50.6 Å². The molecular weight excluding hydrogens is 931 g/mol. The first kappa shape index (κ1) is 51.0. The highest BCUT2D eigenvalue weighted by molar-refractivity contribution is 7.21. The molecule has 4 atom stereocenters. The Morgan fingerprint density at radius 3 is 2.30 bits per heavy atom. The van der Waals surface area contributed by atoms with Crippen molar-refractivity contribution in [3.8, 4) is 21.0 Å². The van der Waals surface area contributed by atoms with Gasteiger partial charge in [0.2, 0.25) is 23.6 Å². The standard InChI is InChI=1S/C51H65N9O8S2/c1-33(35-8-10-36(11-9-35)46-34(2)53-32-69-46)54-48(64)41-27-39(61)29-60(41)50(65)47(51(3,4)5)56-44(62)31-68-25-24-67-23-22-66-21-20-57-18-19-59(45(63)30-57)38-13-14-40-42(26-38)70-49(55-40)37-12-15-43(52-28-37)58-16-6-7-17-58/h8-15,26,28,32-33,39,41,47,61H,6-7,16-25,27,29-31H2,1-5H3,(H,54,64)(H,56,62)/t33-,39+,41-,47+/m0/s1. The number of anilines is 2. The van der Waals surface area contributed by atoms with Gasteiger partial charge in [0.25, 0.3) is 0 Å². The Morgan fingerprint density at radius 1 is 0.886 bits per heavy atom. The molecule has 0 saturated carbocycles. The average Bonchev–Trinajstić information content (AvgIpc) is 4.19. The fraction of sp³-hybridized carbons (Fsp3) is 0.510. The van der Waals surface area contributed by atoms with Gasteiger partial charge in [0, 0.05) is 63.1 Å². The molecule has 3 aliphatic heterocycles. The van der Waals surface area contributed by atoms with Crippen LogP contribution in [0.3, 0.4) is 0 Å². The number of carbonyl (C=O) groups excluding carboxylic acids is 4. The van der Waals surface area contributed by atoms with Gasteiger partial charge in [0.1, 0.15) is 29.5 Å². The van der Waals surface area contributed by atoms with Crippen LogP contribution in [-0.2, 0) is 33.4 Å². The third-order valence-electron chi connectivity index (χ3n) is 13.0. The highest BCUT2D eigenvalue weighted by atomic mass is 32.1. The number of hydrogen-bond donors (Lipinski definition) is 3. The predicted molar refractivity (Wildman–Crippen MR) is 272 cm³/mol. The van der Waals surface area contributed by atoms with Gasteiger partial charge < -0.3 is 44.7 Å². The number of nitrogens with zero attached hydrogens (tertiary/aromatic N) is 7. The minimum absolute atomic E-state index is 0.0212. The van der Waals surface area contributed by atoms with E-state index in [1.54, 1.807) is 22.7 Å². The summed E-state index contributed by atoms with van der Waals surface area (Å²) in [5.74, 6) is -0.243. The minimum atomic E-state index is -0.972. The maximum absolute atomic E-state index is 14.0. The van der Waals surface area contributed by atoms with Gasteiger partial charge in [-0.1, -0.05) is 45.0 Å². The van der Waals surface area contributed by atoms with Gasteiger partial charge in [-0.25, -0.2) is 15.0 Å². The van der Waals surface area contributed by atoms with E-state index in [1.165, 1.54) is 17.7 Å². The second kappa shape index (κ2) is 23.2. The summed E-state index contributed by atoms with van der Waals surface area (Å²) in [5, 5.41) is 17.4. The second-order valence-corrected chi connectivity index (χ2v) is 21.1. The Bertz CT molecular complexity index is 2580. The largest absolute Gasteiger partial charge is 0.391 e. The molecule has 19 heteroatoms. The molecule has 374 valence electrons. The second-order valence-electron chi connectivity index (χ2n) is 19.3. The molecule has 4 amide bonds. The lowest BCUT2D eigenvalue weighted by atomic mass is 9.85. The number of fused-ring (bicyclic) bond motifs is 1. The highest BCUT2D eigenvalue weighted by Gasteiger charge is 2.44. The van der Waals surface area contributed by atoms with E-state index in [2.05, 4.69) is 43.6 Å². The number of thiazole rings is 2. The number of hydrogen-bond acceptors (Lipinski definition) is 15. The molecule has 2 aromatic carbocycles. The van der Waals surface area contributed by atoms with Crippen molar-refractivity contribution in [2.45, 2.75) is 78.1 Å². The van der Waals surface area contributed by atoms with Crippen LogP contribution in [0.5, 0.6) is 0 Å². The molecule has 0 aliphatic carbocycles. The Morgan fingerprint density at radius 2 is 1.61 bits per heavy atom. The van der Waals surface area contributed by atoms with Gasteiger partial charge >= 0.3 is 0 Å². The molecule has 8 rings (SSSR count). The summed E-state index contributed by atoms with van der Waals surface area (Å²) in [5.41, 5.74) is 6.79. The lowest BCUT2D eigenvalue weighted by Gasteiger charge is -2.35. The van der Waals surface area contributed by atoms with Gasteiger partial charge in [-0.3, -0.25) is 24.1 Å². The Kier molecular flexibility index (Phi) is 16.9. The zero-order valence-electron chi connectivity index (χ0n) is 40.7. The number of β-amino-alcohol motifs (C(OH)–C–C–N with tert-alkyl or cyclic N) is 1. The van der Waals surface area contributed by atoms with Crippen molar-refractivity contribution < 1.29 is 38.5 Å². The molecule has 5 aromatic rings. The van der Waals surface area contributed by atoms with Gasteiger partial charge in [-0.2, -0.15) is 0 Å². The maximum Gasteiger partial charge on any atom is 0.246 e. The third kappa shape index (κ3) is 12.7. The van der Waals surface area contributed by atoms with Crippen molar-refractivity contribution >= 4 is 68.0 Å². The molecule has 3 fully saturated rings. The Hall–Kier alpha value is -5.41. The van der Waals surface area contributed by atoms with E-state index < -0.39 is 35.4 Å². The highest BCUT2D eigenvalue weighted by Crippen LogP contribution is 2.34. The van der Waals surface area contributed by atoms with E-state index in [1.807, 2.05) is 87.6 Å². The molecule has 17 nitrogen and oxygen atoms in total. The topological polar surface area (TPSA) is 192 Å². The molecule has 3 aromatic heterocycles. The third-order valence-corrected chi connectivity index (χ3v) is 15.0. The summed E-state index contributed by atoms with van der Waals surface area (Å²) in [4.78, 5) is 76.6. The fourth-order valence-electron chi connectivity index (χ4n) is 9.05. The van der Waals surface area contributed by atoms with E-state index >= 15 is 0 Å². The first-order chi connectivity index (χ1) is 33.7. The number of carbonyl (C=O) groups is 4. The van der Waals surface area contributed by atoms with Crippen molar-refractivity contribution in [2.75, 3.05) is 95.3 Å². The van der Waals surface area contributed by atoms with Crippen molar-refractivity contribution in [3.05, 3.63) is 77.6 Å². The monoisotopic (exact) mass is 995 g/mol. The number of likely N-dealkylation sites (tertiary alicyclic amines) is 1. The molecule has 70 heavy (non-hydrogen) atoms. The number of amides is 4. The number of piperazine rings is 1. The van der Waals surface area contributed by atoms with Gasteiger partial charge in [-0.15, -0.1) is 22.7 Å². The first-order valence-corrected chi connectivity index (χ1v) is 25.9. The number of pyridine rings is 1. The molecular formula is C51H65N9O8S2. The first-order valence-electron chi connectivity index (χ1n) is 24.2. The van der Waals surface area contributed by atoms with Crippen LogP contribution >= 0.6 is 22.7 Å². The van der Waals surface area contributed by atoms with Crippen molar-refractivity contribution in [1.82, 2.24) is 35.4 Å². The van der Waals surface area contributed by atoms with Crippen LogP contribution in [0.1, 0.15) is 64.3 Å². The number of aliphatic hydroxyl groups is 1. The molecule has 0 unspecified atom stereocenters. The number of nitrogens with one attached hydrogen (secondary N) is 2. The summed E-state index contributed by atoms with van der Waals surface area (Å²) in [6.45, 7) is 14.9. The van der Waals surface area contributed by atoms with Crippen molar-refractivity contribution in [1.29, 1.82) is 0 Å². The number of aromatic nitrogens is 3. The van der Waals surface area contributed by atoms with E-state index in [4.69, 9.17) is 24.2 Å². The molecule has 0 spiro atoms. The lowest BCUT2D eigenvalue weighted by Crippen LogP contribution is -2.58. The van der Waals surface area contributed by atoms with Crippen LogP contribution in [0.2, 0.25) is 0 Å². The van der Waals surface area contributed by atoms with E-state index in [0.717, 1.165) is 73.6 Å². The van der Waals surface area contributed by atoms with Crippen LogP contribution in [0.4, 0.5) is 11.5 Å². The normalized spacial score (nSPS) is 18.7. The summed E-state index contributed by atoms with van der Waals surface area (Å²) >= 11 is 3.18. The molecule has 3 saturated heterocycles. The number of rotatable bonds is 20. The van der Waals surface area contributed by atoms with Crippen LogP contribution in [0.15, 0.2) is 66.3 Å². The number of ether oxygens (including phenoxy) is 3. The molecule has 0 bridgehead atoms. The van der Waals surface area contributed by atoms with Crippen LogP contribution < -0.4 is 20.4 Å². The Labute approximate surface area is 417 Å². The fourth-order valence-corrected chi connectivity index (χ4v) is 10.9. The number of benzene rings is 2. The molecule has 3 aliphatic rings. The smallest absolute Gasteiger partial charge is 0.246 e. The van der Waals surface area contributed by atoms with Crippen molar-refractivity contribution in [2.24, 2.45) is 5.41 Å². The molecule has 0 radical (unpaired) electrons. The minimum Gasteiger partial charge on any atom is -0.391 e. The maximum atomic E-state index is 14.0. The van der Waals surface area contributed by atoms with Gasteiger partial charge in [-0.05, 0) is 73.6 Å².